The van der Waals surface area contributed by atoms with Gasteiger partial charge in [-0.15, -0.1) is 0 Å². The minimum atomic E-state index is -0.411. The van der Waals surface area contributed by atoms with E-state index < -0.39 is 5.82 Å². The molecule has 0 bridgehead atoms. The Balaban J connectivity index is 1.25. The second-order valence-electron chi connectivity index (χ2n) is 8.60. The molecule has 3 aromatic rings. The Kier molecular flexibility index (Phi) is 7.40. The molecule has 1 fully saturated rings. The van der Waals surface area contributed by atoms with Crippen molar-refractivity contribution in [2.24, 2.45) is 5.92 Å². The molecule has 1 saturated heterocycles. The first-order chi connectivity index (χ1) is 16.0. The number of ether oxygens (including phenoxy) is 1. The van der Waals surface area contributed by atoms with Gasteiger partial charge in [-0.3, -0.25) is 14.4 Å². The molecule has 0 spiro atoms. The molecular formula is C26H31FN4O2. The molecule has 33 heavy (non-hydrogen) atoms. The van der Waals surface area contributed by atoms with Crippen LogP contribution in [-0.2, 0) is 17.9 Å². The van der Waals surface area contributed by atoms with E-state index in [0.717, 1.165) is 51.1 Å². The zero-order chi connectivity index (χ0) is 23.2. The summed E-state index contributed by atoms with van der Waals surface area (Å²) in [5.74, 6) is 0.327. The number of nitrogens with zero attached hydrogens (tertiary/aromatic N) is 3. The number of nitrogens with one attached hydrogen (secondary N) is 1. The van der Waals surface area contributed by atoms with Gasteiger partial charge in [-0.2, -0.15) is 5.10 Å². The number of carbonyl (C=O) groups is 1. The number of carbonyl (C=O) groups excluding carboxylic acids is 1. The van der Waals surface area contributed by atoms with Crippen LogP contribution in [0.2, 0.25) is 0 Å². The van der Waals surface area contributed by atoms with Crippen LogP contribution in [0.5, 0.6) is 11.5 Å². The molecule has 0 atom stereocenters. The summed E-state index contributed by atoms with van der Waals surface area (Å²) in [5.41, 5.74) is 3.07. The van der Waals surface area contributed by atoms with E-state index in [1.165, 1.54) is 11.6 Å². The highest BCUT2D eigenvalue weighted by atomic mass is 19.1. The van der Waals surface area contributed by atoms with Gasteiger partial charge in [0.05, 0.1) is 5.69 Å². The molecule has 2 aromatic carbocycles. The molecule has 7 heteroatoms. The van der Waals surface area contributed by atoms with Gasteiger partial charge in [0.25, 0.3) is 0 Å². The highest BCUT2D eigenvalue weighted by Gasteiger charge is 2.25. The molecule has 174 valence electrons. The van der Waals surface area contributed by atoms with Crippen LogP contribution < -0.4 is 10.1 Å². The number of rotatable bonds is 8. The van der Waals surface area contributed by atoms with Crippen molar-refractivity contribution in [3.63, 3.8) is 0 Å². The number of likely N-dealkylation sites (tertiary alicyclic amines) is 1. The van der Waals surface area contributed by atoms with Crippen molar-refractivity contribution in [2.75, 3.05) is 18.4 Å². The lowest BCUT2D eigenvalue weighted by molar-refractivity contribution is -0.121. The quantitative estimate of drug-likeness (QED) is 0.500. The van der Waals surface area contributed by atoms with Gasteiger partial charge in [0, 0.05) is 36.5 Å². The zero-order valence-electron chi connectivity index (χ0n) is 19.3. The van der Waals surface area contributed by atoms with Gasteiger partial charge >= 0.3 is 0 Å². The Morgan fingerprint density at radius 2 is 1.88 bits per heavy atom. The second kappa shape index (κ2) is 10.6. The summed E-state index contributed by atoms with van der Waals surface area (Å²) >= 11 is 0. The van der Waals surface area contributed by atoms with Crippen molar-refractivity contribution in [3.05, 3.63) is 71.8 Å². The van der Waals surface area contributed by atoms with E-state index in [1.54, 1.807) is 42.5 Å². The molecule has 1 aliphatic rings. The molecule has 4 rings (SSSR count). The molecule has 0 radical (unpaired) electrons. The number of hydrogen-bond donors (Lipinski definition) is 1. The molecule has 2 heterocycles. The molecule has 1 aliphatic heterocycles. The number of hydrogen-bond acceptors (Lipinski definition) is 4. The van der Waals surface area contributed by atoms with E-state index in [-0.39, 0.29) is 17.6 Å². The fourth-order valence-electron chi connectivity index (χ4n) is 4.16. The molecular weight excluding hydrogens is 419 g/mol. The maximum atomic E-state index is 13.7. The summed E-state index contributed by atoms with van der Waals surface area (Å²) in [7, 11) is 0. The van der Waals surface area contributed by atoms with Crippen molar-refractivity contribution in [1.29, 1.82) is 0 Å². The average molecular weight is 451 g/mol. The van der Waals surface area contributed by atoms with Crippen molar-refractivity contribution in [1.82, 2.24) is 14.7 Å². The molecule has 1 aromatic heterocycles. The van der Waals surface area contributed by atoms with Crippen LogP contribution in [-0.4, -0.2) is 33.7 Å². The smallest absolute Gasteiger partial charge is 0.227 e. The standard InChI is InChI=1S/C26H31FN4O2/c1-3-14-31-18-21(19(2)29-31)17-30-15-12-20(13-16-30)26(32)28-22-8-10-23(11-9-22)33-25-7-5-4-6-24(25)27/h4-11,18,20H,3,12-17H2,1-2H3,(H,28,32). The fraction of sp³-hybridized carbons (Fsp3) is 0.385. The van der Waals surface area contributed by atoms with Crippen LogP contribution in [0.15, 0.2) is 54.7 Å². The van der Waals surface area contributed by atoms with Crippen LogP contribution in [0.25, 0.3) is 0 Å². The number of halogens is 1. The van der Waals surface area contributed by atoms with Gasteiger partial charge in [-0.05, 0) is 75.7 Å². The first kappa shape index (κ1) is 23.0. The Hall–Kier alpha value is -3.19. The lowest BCUT2D eigenvalue weighted by Gasteiger charge is -2.31. The van der Waals surface area contributed by atoms with E-state index in [4.69, 9.17) is 4.74 Å². The molecule has 0 saturated carbocycles. The van der Waals surface area contributed by atoms with Crippen LogP contribution in [0, 0.1) is 18.7 Å². The Morgan fingerprint density at radius 3 is 2.58 bits per heavy atom. The van der Waals surface area contributed by atoms with Crippen LogP contribution in [0.3, 0.4) is 0 Å². The second-order valence-corrected chi connectivity index (χ2v) is 8.60. The lowest BCUT2D eigenvalue weighted by Crippen LogP contribution is -2.37. The summed E-state index contributed by atoms with van der Waals surface area (Å²) in [4.78, 5) is 15.2. The fourth-order valence-corrected chi connectivity index (χ4v) is 4.16. The van der Waals surface area contributed by atoms with Gasteiger partial charge in [0.1, 0.15) is 5.75 Å². The minimum absolute atomic E-state index is 0.000460. The Morgan fingerprint density at radius 1 is 1.15 bits per heavy atom. The maximum Gasteiger partial charge on any atom is 0.227 e. The lowest BCUT2D eigenvalue weighted by atomic mass is 9.95. The first-order valence-corrected chi connectivity index (χ1v) is 11.6. The molecule has 1 amide bonds. The Bertz CT molecular complexity index is 1070. The average Bonchev–Trinajstić information content (AvgIpc) is 3.16. The third-order valence-electron chi connectivity index (χ3n) is 6.04. The molecule has 0 unspecified atom stereocenters. The normalized spacial score (nSPS) is 14.9. The van der Waals surface area contributed by atoms with Crippen LogP contribution >= 0.6 is 0 Å². The maximum absolute atomic E-state index is 13.7. The number of para-hydroxylation sites is 1. The third kappa shape index (κ3) is 5.99. The van der Waals surface area contributed by atoms with Crippen LogP contribution in [0.4, 0.5) is 10.1 Å². The summed E-state index contributed by atoms with van der Waals surface area (Å²) in [5, 5.41) is 7.59. The number of piperidine rings is 1. The Labute approximate surface area is 194 Å². The van der Waals surface area contributed by atoms with E-state index >= 15 is 0 Å². The van der Waals surface area contributed by atoms with Gasteiger partial charge < -0.3 is 10.1 Å². The number of aromatic nitrogens is 2. The highest BCUT2D eigenvalue weighted by Crippen LogP contribution is 2.26. The van der Waals surface area contributed by atoms with Crippen molar-refractivity contribution < 1.29 is 13.9 Å². The summed E-state index contributed by atoms with van der Waals surface area (Å²) in [6.07, 6.45) is 4.89. The van der Waals surface area contributed by atoms with Crippen molar-refractivity contribution >= 4 is 11.6 Å². The van der Waals surface area contributed by atoms with E-state index in [9.17, 15) is 9.18 Å². The predicted molar refractivity (Wildman–Crippen MR) is 127 cm³/mol. The topological polar surface area (TPSA) is 59.4 Å². The van der Waals surface area contributed by atoms with Gasteiger partial charge in [0.2, 0.25) is 5.91 Å². The zero-order valence-corrected chi connectivity index (χ0v) is 19.3. The number of aryl methyl sites for hydroxylation is 2. The SMILES string of the molecule is CCCn1cc(CN2CCC(C(=O)Nc3ccc(Oc4ccccc4F)cc3)CC2)c(C)n1. The van der Waals surface area contributed by atoms with E-state index in [1.807, 2.05) is 4.68 Å². The third-order valence-corrected chi connectivity index (χ3v) is 6.04. The van der Waals surface area contributed by atoms with E-state index in [0.29, 0.717) is 11.4 Å². The highest BCUT2D eigenvalue weighted by molar-refractivity contribution is 5.92. The molecule has 1 N–H and O–H groups in total. The monoisotopic (exact) mass is 450 g/mol. The van der Waals surface area contributed by atoms with Crippen LogP contribution in [0.1, 0.15) is 37.4 Å². The van der Waals surface area contributed by atoms with Gasteiger partial charge in [-0.1, -0.05) is 19.1 Å². The minimum Gasteiger partial charge on any atom is -0.454 e. The van der Waals surface area contributed by atoms with Crippen molar-refractivity contribution in [2.45, 2.75) is 46.2 Å². The molecule has 0 aliphatic carbocycles. The number of amides is 1. The van der Waals surface area contributed by atoms with Crippen molar-refractivity contribution in [3.8, 4) is 11.5 Å². The summed E-state index contributed by atoms with van der Waals surface area (Å²) in [6, 6.07) is 13.3. The summed E-state index contributed by atoms with van der Waals surface area (Å²) in [6.45, 7) is 7.83. The largest absolute Gasteiger partial charge is 0.454 e. The predicted octanol–water partition coefficient (Wildman–Crippen LogP) is 5.38. The number of benzene rings is 2. The van der Waals surface area contributed by atoms with Gasteiger partial charge in [-0.25, -0.2) is 4.39 Å². The summed E-state index contributed by atoms with van der Waals surface area (Å²) < 4.78 is 21.3. The first-order valence-electron chi connectivity index (χ1n) is 11.6. The molecule has 6 nitrogen and oxygen atoms in total. The number of anilines is 1. The van der Waals surface area contributed by atoms with Gasteiger partial charge in [0.15, 0.2) is 11.6 Å². The van der Waals surface area contributed by atoms with E-state index in [2.05, 4.69) is 35.4 Å².